The zero-order valence-electron chi connectivity index (χ0n) is 13.5. The van der Waals surface area contributed by atoms with Crippen LogP contribution in [0, 0.1) is 12.3 Å². The van der Waals surface area contributed by atoms with Crippen molar-refractivity contribution in [3.05, 3.63) is 35.4 Å². The predicted molar refractivity (Wildman–Crippen MR) is 89.1 cm³/mol. The Morgan fingerprint density at radius 2 is 2.12 bits per heavy atom. The van der Waals surface area contributed by atoms with Gasteiger partial charge in [-0.25, -0.2) is 0 Å². The molecule has 1 aromatic carbocycles. The second kappa shape index (κ2) is 6.83. The van der Waals surface area contributed by atoms with Crippen molar-refractivity contribution in [3.63, 3.8) is 0 Å². The lowest BCUT2D eigenvalue weighted by molar-refractivity contribution is -0.121. The highest BCUT2D eigenvalue weighted by atomic mass is 16.2. The Bertz CT molecular complexity index is 714. The molecular weight excluding hydrogens is 304 g/mol. The summed E-state index contributed by atoms with van der Waals surface area (Å²) >= 11 is 0. The molecule has 2 heterocycles. The molecule has 0 fully saturated rings. The molecule has 0 unspecified atom stereocenters. The lowest BCUT2D eigenvalue weighted by Crippen LogP contribution is -2.32. The molecule has 124 valence electrons. The fourth-order valence-electron chi connectivity index (χ4n) is 2.89. The number of hydrogen-bond acceptors (Lipinski definition) is 4. The summed E-state index contributed by atoms with van der Waals surface area (Å²) in [5, 5.41) is 10.9. The monoisotopic (exact) mass is 324 g/mol. The summed E-state index contributed by atoms with van der Waals surface area (Å²) in [5.74, 6) is 2.52. The van der Waals surface area contributed by atoms with Crippen LogP contribution >= 0.6 is 0 Å². The Balaban J connectivity index is 1.37. The van der Waals surface area contributed by atoms with Gasteiger partial charge in [-0.3, -0.25) is 9.59 Å². The van der Waals surface area contributed by atoms with E-state index in [1.54, 1.807) is 4.90 Å². The van der Waals surface area contributed by atoms with Crippen molar-refractivity contribution in [1.82, 2.24) is 10.2 Å². The van der Waals surface area contributed by atoms with Crippen molar-refractivity contribution in [2.75, 3.05) is 13.1 Å². The Morgan fingerprint density at radius 3 is 2.83 bits per heavy atom. The van der Waals surface area contributed by atoms with Crippen molar-refractivity contribution >= 4 is 11.8 Å². The average Bonchev–Trinajstić information content (AvgIpc) is 3.29. The number of rotatable bonds is 8. The van der Waals surface area contributed by atoms with Gasteiger partial charge in [0.2, 0.25) is 5.91 Å². The highest BCUT2D eigenvalue weighted by molar-refractivity contribution is 5.98. The maximum absolute atomic E-state index is 12.2. The summed E-state index contributed by atoms with van der Waals surface area (Å²) in [7, 11) is 0. The van der Waals surface area contributed by atoms with E-state index in [2.05, 4.69) is 21.5 Å². The largest absolute Gasteiger partial charge is 0.356 e. The van der Waals surface area contributed by atoms with Gasteiger partial charge in [0.1, 0.15) is 0 Å². The van der Waals surface area contributed by atoms with Gasteiger partial charge < -0.3 is 10.2 Å². The van der Waals surface area contributed by atoms with Gasteiger partial charge in [0.15, 0.2) is 5.66 Å². The molecule has 2 amide bonds. The molecule has 0 aliphatic carbocycles. The van der Waals surface area contributed by atoms with E-state index in [1.807, 2.05) is 24.3 Å². The second-order valence-electron chi connectivity index (χ2n) is 6.12. The fraction of sp³-hybridized carbons (Fsp3) is 0.444. The fourth-order valence-corrected chi connectivity index (χ4v) is 2.89. The summed E-state index contributed by atoms with van der Waals surface area (Å²) in [6, 6.07) is 7.56. The van der Waals surface area contributed by atoms with Crippen LogP contribution in [0.5, 0.6) is 0 Å². The van der Waals surface area contributed by atoms with Crippen molar-refractivity contribution in [2.24, 2.45) is 10.2 Å². The number of carbonyl (C=O) groups excluding carboxylic acids is 2. The minimum atomic E-state index is -0.369. The first-order chi connectivity index (χ1) is 11.6. The molecular formula is C18H20N4O2. The number of nitrogens with zero attached hydrogens (tertiary/aromatic N) is 3. The van der Waals surface area contributed by atoms with E-state index in [0.29, 0.717) is 38.9 Å². The molecule has 0 bridgehead atoms. The topological polar surface area (TPSA) is 74.1 Å². The summed E-state index contributed by atoms with van der Waals surface area (Å²) in [4.78, 5) is 25.9. The van der Waals surface area contributed by atoms with Gasteiger partial charge in [-0.2, -0.15) is 10.2 Å². The molecule has 3 rings (SSSR count). The third-order valence-corrected chi connectivity index (χ3v) is 4.41. The van der Waals surface area contributed by atoms with Crippen molar-refractivity contribution in [3.8, 4) is 12.3 Å². The number of amides is 2. The van der Waals surface area contributed by atoms with E-state index in [-0.39, 0.29) is 17.5 Å². The van der Waals surface area contributed by atoms with Crippen LogP contribution in [-0.2, 0) is 11.3 Å². The molecule has 6 heteroatoms. The minimum absolute atomic E-state index is 0.00205. The third kappa shape index (κ3) is 3.62. The molecule has 0 spiro atoms. The molecule has 0 atom stereocenters. The second-order valence-corrected chi connectivity index (χ2v) is 6.12. The normalized spacial score (nSPS) is 16.6. The van der Waals surface area contributed by atoms with Gasteiger partial charge in [0.25, 0.3) is 5.91 Å². The van der Waals surface area contributed by atoms with Crippen LogP contribution in [0.4, 0.5) is 0 Å². The molecule has 0 radical (unpaired) electrons. The van der Waals surface area contributed by atoms with Crippen molar-refractivity contribution in [1.29, 1.82) is 0 Å². The Hall–Kier alpha value is -2.68. The molecule has 24 heavy (non-hydrogen) atoms. The minimum Gasteiger partial charge on any atom is -0.356 e. The van der Waals surface area contributed by atoms with Crippen LogP contribution in [0.3, 0.4) is 0 Å². The third-order valence-electron chi connectivity index (χ3n) is 4.41. The summed E-state index contributed by atoms with van der Waals surface area (Å²) in [6.45, 7) is 1.52. The lowest BCUT2D eigenvalue weighted by atomic mass is 10.0. The van der Waals surface area contributed by atoms with Gasteiger partial charge in [-0.05, 0) is 11.6 Å². The maximum Gasteiger partial charge on any atom is 0.254 e. The smallest absolute Gasteiger partial charge is 0.254 e. The molecule has 0 saturated heterocycles. The Labute approximate surface area is 141 Å². The van der Waals surface area contributed by atoms with Crippen molar-refractivity contribution in [2.45, 2.75) is 37.9 Å². The number of carbonyl (C=O) groups is 2. The van der Waals surface area contributed by atoms with Crippen LogP contribution in [0.2, 0.25) is 0 Å². The van der Waals surface area contributed by atoms with Crippen LogP contribution in [0.25, 0.3) is 0 Å². The lowest BCUT2D eigenvalue weighted by Gasteiger charge is -2.15. The molecule has 0 aromatic heterocycles. The van der Waals surface area contributed by atoms with Crippen molar-refractivity contribution < 1.29 is 9.59 Å². The van der Waals surface area contributed by atoms with Gasteiger partial charge in [0.05, 0.1) is 0 Å². The zero-order valence-corrected chi connectivity index (χ0v) is 13.5. The van der Waals surface area contributed by atoms with E-state index in [1.165, 1.54) is 0 Å². The summed E-state index contributed by atoms with van der Waals surface area (Å²) < 4.78 is 0. The van der Waals surface area contributed by atoms with Crippen LogP contribution < -0.4 is 5.32 Å². The van der Waals surface area contributed by atoms with Gasteiger partial charge >= 0.3 is 0 Å². The molecule has 6 nitrogen and oxygen atoms in total. The van der Waals surface area contributed by atoms with Gasteiger partial charge in [-0.15, -0.1) is 12.3 Å². The van der Waals surface area contributed by atoms with E-state index in [0.717, 1.165) is 17.5 Å². The Morgan fingerprint density at radius 1 is 1.33 bits per heavy atom. The first-order valence-corrected chi connectivity index (χ1v) is 8.15. The van der Waals surface area contributed by atoms with Gasteiger partial charge in [0, 0.05) is 50.9 Å². The highest BCUT2D eigenvalue weighted by Gasteiger charge is 2.38. The molecule has 1 aromatic rings. The predicted octanol–water partition coefficient (Wildman–Crippen LogP) is 2.11. The first kappa shape index (κ1) is 16.2. The van der Waals surface area contributed by atoms with Crippen LogP contribution in [0.1, 0.15) is 41.6 Å². The highest BCUT2D eigenvalue weighted by Crippen LogP contribution is 2.36. The van der Waals surface area contributed by atoms with E-state index >= 15 is 0 Å². The quantitative estimate of drug-likeness (QED) is 0.744. The summed E-state index contributed by atoms with van der Waals surface area (Å²) in [6.07, 6.45) is 7.59. The Kier molecular flexibility index (Phi) is 4.61. The molecule has 1 N–H and O–H groups in total. The number of benzene rings is 1. The SMILES string of the molecule is C#CCCC1(CCNC(=O)CCN2Cc3ccccc3C2=O)N=N1. The first-order valence-electron chi connectivity index (χ1n) is 8.15. The maximum atomic E-state index is 12.2. The van der Waals surface area contributed by atoms with Crippen LogP contribution in [-0.4, -0.2) is 35.5 Å². The molecule has 0 saturated carbocycles. The average molecular weight is 324 g/mol. The van der Waals surface area contributed by atoms with E-state index in [4.69, 9.17) is 6.42 Å². The summed E-state index contributed by atoms with van der Waals surface area (Å²) in [5.41, 5.74) is 1.40. The number of fused-ring (bicyclic) bond motifs is 1. The standard InChI is InChI=1S/C18H20N4O2/c1-2-3-9-18(20-21-18)10-11-19-16(23)8-12-22-13-14-6-4-5-7-15(14)17(22)24/h1,4-7H,3,8-13H2,(H,19,23). The van der Waals surface area contributed by atoms with E-state index < -0.39 is 0 Å². The van der Waals surface area contributed by atoms with Crippen LogP contribution in [0.15, 0.2) is 34.5 Å². The zero-order chi connectivity index (χ0) is 17.0. The number of hydrogen-bond donors (Lipinski definition) is 1. The van der Waals surface area contributed by atoms with Gasteiger partial charge in [-0.1, -0.05) is 18.2 Å². The van der Waals surface area contributed by atoms with E-state index in [9.17, 15) is 9.59 Å². The molecule has 2 aliphatic rings. The number of nitrogens with one attached hydrogen (secondary N) is 1. The number of terminal acetylenes is 1. The molecule has 2 aliphatic heterocycles.